The van der Waals surface area contributed by atoms with Gasteiger partial charge in [0.05, 0.1) is 0 Å². The van der Waals surface area contributed by atoms with Crippen molar-refractivity contribution in [3.05, 3.63) is 10.4 Å². The van der Waals surface area contributed by atoms with Crippen LogP contribution in [0.1, 0.15) is 45.4 Å². The van der Waals surface area contributed by atoms with E-state index in [4.69, 9.17) is 0 Å². The van der Waals surface area contributed by atoms with Gasteiger partial charge in [0.15, 0.2) is 5.82 Å². The number of aromatic amines is 1. The van der Waals surface area contributed by atoms with Crippen LogP contribution < -0.4 is 10.9 Å². The maximum atomic E-state index is 12.2. The molecule has 7 heteroatoms. The van der Waals surface area contributed by atoms with E-state index in [0.717, 1.165) is 17.8 Å². The molecular weight excluding hydrogens is 294 g/mol. The van der Waals surface area contributed by atoms with Crippen LogP contribution in [0.2, 0.25) is 0 Å². The van der Waals surface area contributed by atoms with E-state index in [1.165, 1.54) is 38.5 Å². The zero-order valence-electron chi connectivity index (χ0n) is 13.2. The van der Waals surface area contributed by atoms with Gasteiger partial charge in [0.25, 0.3) is 5.56 Å². The number of anilines is 1. The van der Waals surface area contributed by atoms with Gasteiger partial charge in [-0.3, -0.25) is 9.78 Å². The fourth-order valence-electron chi connectivity index (χ4n) is 5.82. The van der Waals surface area contributed by atoms with Crippen molar-refractivity contribution in [3.63, 3.8) is 0 Å². The molecule has 2 heterocycles. The van der Waals surface area contributed by atoms with Crippen molar-refractivity contribution in [2.75, 3.05) is 5.32 Å². The lowest BCUT2D eigenvalue weighted by Gasteiger charge is -2.59. The summed E-state index contributed by atoms with van der Waals surface area (Å²) < 4.78 is 4.62. The molecule has 2 aromatic rings. The third-order valence-corrected chi connectivity index (χ3v) is 6.49. The van der Waals surface area contributed by atoms with Gasteiger partial charge < -0.3 is 5.32 Å². The molecule has 2 aromatic heterocycles. The Bertz CT molecular complexity index is 775. The summed E-state index contributed by atoms with van der Waals surface area (Å²) >= 11 is 0. The first-order chi connectivity index (χ1) is 11.1. The molecule has 1 unspecified atom stereocenters. The summed E-state index contributed by atoms with van der Waals surface area (Å²) in [6.07, 6.45) is 8.13. The molecule has 4 aliphatic carbocycles. The Labute approximate surface area is 133 Å². The Morgan fingerprint density at radius 3 is 2.48 bits per heavy atom. The lowest BCUT2D eigenvalue weighted by molar-refractivity contribution is -0.0603. The van der Waals surface area contributed by atoms with Gasteiger partial charge in [-0.2, -0.15) is 4.98 Å². The molecule has 7 nitrogen and oxygen atoms in total. The second-order valence-corrected chi connectivity index (χ2v) is 8.00. The zero-order valence-corrected chi connectivity index (χ0v) is 13.2. The van der Waals surface area contributed by atoms with Crippen LogP contribution in [0.4, 0.5) is 5.82 Å². The highest BCUT2D eigenvalue weighted by atomic mass is 16.6. The Morgan fingerprint density at radius 2 is 1.83 bits per heavy atom. The molecule has 0 amide bonds. The van der Waals surface area contributed by atoms with Gasteiger partial charge in [-0.15, -0.1) is 0 Å². The fraction of sp³-hybridized carbons (Fsp3) is 0.750. The minimum Gasteiger partial charge on any atom is -0.362 e. The molecule has 0 aromatic carbocycles. The van der Waals surface area contributed by atoms with Gasteiger partial charge in [0.2, 0.25) is 11.3 Å². The van der Waals surface area contributed by atoms with Gasteiger partial charge in [-0.05, 0) is 78.9 Å². The Balaban J connectivity index is 1.45. The monoisotopic (exact) mass is 315 g/mol. The van der Waals surface area contributed by atoms with E-state index >= 15 is 0 Å². The largest absolute Gasteiger partial charge is 0.362 e. The molecular formula is C16H21N5O2. The standard InChI is InChI=1S/C16H21N5O2/c1-8(16-5-9-2-10(6-16)4-11(3-9)7-16)17-14-15(22)19-13-12(18-14)20-23-21-13/h8-11H,2-7H2,1H3,(H,17,18,20)(H,19,21,22). The molecule has 0 aliphatic heterocycles. The van der Waals surface area contributed by atoms with E-state index < -0.39 is 0 Å². The number of hydrogen-bond acceptors (Lipinski definition) is 6. The summed E-state index contributed by atoms with van der Waals surface area (Å²) in [4.78, 5) is 19.2. The number of fused-ring (bicyclic) bond motifs is 1. The predicted molar refractivity (Wildman–Crippen MR) is 83.9 cm³/mol. The summed E-state index contributed by atoms with van der Waals surface area (Å²) in [5.41, 5.74) is 0.692. The van der Waals surface area contributed by atoms with Crippen molar-refractivity contribution >= 4 is 17.1 Å². The molecule has 0 spiro atoms. The van der Waals surface area contributed by atoms with Crippen molar-refractivity contribution in [2.45, 2.75) is 51.5 Å². The van der Waals surface area contributed by atoms with Crippen molar-refractivity contribution in [1.82, 2.24) is 20.3 Å². The van der Waals surface area contributed by atoms with E-state index in [1.807, 2.05) is 0 Å². The average Bonchev–Trinajstić information content (AvgIpc) is 2.93. The van der Waals surface area contributed by atoms with Gasteiger partial charge in [-0.1, -0.05) is 0 Å². The highest BCUT2D eigenvalue weighted by molar-refractivity contribution is 5.64. The Hall–Kier alpha value is -1.92. The summed E-state index contributed by atoms with van der Waals surface area (Å²) in [7, 11) is 0. The van der Waals surface area contributed by atoms with E-state index in [-0.39, 0.29) is 11.6 Å². The highest BCUT2D eigenvalue weighted by Gasteiger charge is 2.53. The van der Waals surface area contributed by atoms with Crippen molar-refractivity contribution < 1.29 is 4.63 Å². The molecule has 23 heavy (non-hydrogen) atoms. The van der Waals surface area contributed by atoms with Crippen LogP contribution in [0.3, 0.4) is 0 Å². The molecule has 4 aliphatic rings. The van der Waals surface area contributed by atoms with E-state index in [2.05, 4.69) is 37.2 Å². The SMILES string of the molecule is CC(Nc1nc2nonc2[nH]c1=O)C12CC3CC(CC(C3)C1)C2. The maximum absolute atomic E-state index is 12.2. The fourth-order valence-corrected chi connectivity index (χ4v) is 5.82. The molecule has 2 N–H and O–H groups in total. The third kappa shape index (κ3) is 2.01. The lowest BCUT2D eigenvalue weighted by atomic mass is 9.48. The molecule has 0 radical (unpaired) electrons. The van der Waals surface area contributed by atoms with E-state index in [9.17, 15) is 4.79 Å². The highest BCUT2D eigenvalue weighted by Crippen LogP contribution is 2.61. The number of hydrogen-bond donors (Lipinski definition) is 2. The maximum Gasteiger partial charge on any atom is 0.292 e. The van der Waals surface area contributed by atoms with Gasteiger partial charge in [-0.25, -0.2) is 4.63 Å². The minimum atomic E-state index is -0.259. The molecule has 4 bridgehead atoms. The normalized spacial score (nSPS) is 36.5. The molecule has 4 saturated carbocycles. The van der Waals surface area contributed by atoms with Gasteiger partial charge >= 0.3 is 0 Å². The van der Waals surface area contributed by atoms with Crippen molar-refractivity contribution in [1.29, 1.82) is 0 Å². The van der Waals surface area contributed by atoms with Crippen LogP contribution >= 0.6 is 0 Å². The van der Waals surface area contributed by atoms with Crippen LogP contribution in [-0.4, -0.2) is 26.3 Å². The molecule has 4 fully saturated rings. The predicted octanol–water partition coefficient (Wildman–Crippen LogP) is 2.32. The number of rotatable bonds is 3. The lowest BCUT2D eigenvalue weighted by Crippen LogP contribution is -2.53. The Morgan fingerprint density at radius 1 is 1.17 bits per heavy atom. The average molecular weight is 315 g/mol. The number of nitrogens with one attached hydrogen (secondary N) is 2. The van der Waals surface area contributed by atoms with Crippen LogP contribution in [0, 0.1) is 23.2 Å². The van der Waals surface area contributed by atoms with Crippen LogP contribution in [-0.2, 0) is 0 Å². The number of nitrogens with zero attached hydrogens (tertiary/aromatic N) is 3. The topological polar surface area (TPSA) is 96.7 Å². The summed E-state index contributed by atoms with van der Waals surface area (Å²) in [5, 5.41) is 10.7. The molecule has 0 saturated heterocycles. The van der Waals surface area contributed by atoms with Crippen LogP contribution in [0.15, 0.2) is 9.42 Å². The molecule has 6 rings (SSSR count). The minimum absolute atomic E-state index is 0.238. The molecule has 122 valence electrons. The summed E-state index contributed by atoms with van der Waals surface area (Å²) in [5.74, 6) is 2.99. The Kier molecular flexibility index (Phi) is 2.67. The van der Waals surface area contributed by atoms with Crippen LogP contribution in [0.25, 0.3) is 11.3 Å². The summed E-state index contributed by atoms with van der Waals surface area (Å²) in [6, 6.07) is 0.238. The third-order valence-electron chi connectivity index (χ3n) is 6.49. The number of aromatic nitrogens is 4. The van der Waals surface area contributed by atoms with E-state index in [1.54, 1.807) is 0 Å². The van der Waals surface area contributed by atoms with Crippen molar-refractivity contribution in [2.24, 2.45) is 23.2 Å². The zero-order chi connectivity index (χ0) is 15.6. The first-order valence-electron chi connectivity index (χ1n) is 8.60. The second-order valence-electron chi connectivity index (χ2n) is 8.00. The quantitative estimate of drug-likeness (QED) is 0.902. The second kappa shape index (κ2) is 4.55. The van der Waals surface area contributed by atoms with Crippen molar-refractivity contribution in [3.8, 4) is 0 Å². The first kappa shape index (κ1) is 13.5. The van der Waals surface area contributed by atoms with Gasteiger partial charge in [0, 0.05) is 6.04 Å². The molecule has 1 atom stereocenters. The van der Waals surface area contributed by atoms with Crippen LogP contribution in [0.5, 0.6) is 0 Å². The number of H-pyrrole nitrogens is 1. The van der Waals surface area contributed by atoms with Gasteiger partial charge in [0.1, 0.15) is 0 Å². The first-order valence-corrected chi connectivity index (χ1v) is 8.60. The van der Waals surface area contributed by atoms with E-state index in [0.29, 0.717) is 22.5 Å². The smallest absolute Gasteiger partial charge is 0.292 e. The summed E-state index contributed by atoms with van der Waals surface area (Å²) in [6.45, 7) is 2.21.